The van der Waals surface area contributed by atoms with Gasteiger partial charge in [-0.25, -0.2) is 10.2 Å². The van der Waals surface area contributed by atoms with Gasteiger partial charge in [0.05, 0.1) is 12.3 Å². The molecule has 1 saturated heterocycles. The maximum absolute atomic E-state index is 12.6. The standard InChI is InChI=1S/C17H23N3O4/c1-3-23-17(22)19-18-12-7-6-8-13-14(12)11(2)15(24-13)16(21)20-9-4-5-10-20/h3-10H2,1-2H3,(H,19,22)/b18-12+. The van der Waals surface area contributed by atoms with Crippen LogP contribution < -0.4 is 5.43 Å². The van der Waals surface area contributed by atoms with E-state index in [1.54, 1.807) is 6.92 Å². The molecule has 1 aliphatic heterocycles. The average Bonchev–Trinajstić information content (AvgIpc) is 3.21. The zero-order chi connectivity index (χ0) is 17.1. The lowest BCUT2D eigenvalue weighted by molar-refractivity contribution is 0.0758. The maximum Gasteiger partial charge on any atom is 0.427 e. The number of hydrogen-bond acceptors (Lipinski definition) is 5. The molecule has 2 heterocycles. The van der Waals surface area contributed by atoms with Crippen LogP contribution in [0.1, 0.15) is 60.0 Å². The highest BCUT2D eigenvalue weighted by atomic mass is 16.5. The average molecular weight is 333 g/mol. The predicted octanol–water partition coefficient (Wildman–Crippen LogP) is 2.61. The van der Waals surface area contributed by atoms with Crippen LogP contribution in [0.4, 0.5) is 4.79 Å². The van der Waals surface area contributed by atoms with E-state index in [4.69, 9.17) is 9.15 Å². The van der Waals surface area contributed by atoms with Crippen LogP contribution in [0, 0.1) is 6.92 Å². The number of carbonyl (C=O) groups is 2. The molecule has 1 N–H and O–H groups in total. The second kappa shape index (κ2) is 7.07. The highest BCUT2D eigenvalue weighted by Gasteiger charge is 2.31. The van der Waals surface area contributed by atoms with E-state index in [9.17, 15) is 9.59 Å². The van der Waals surface area contributed by atoms with Crippen molar-refractivity contribution in [2.24, 2.45) is 5.10 Å². The number of hydrogen-bond donors (Lipinski definition) is 1. The Labute approximate surface area is 141 Å². The molecule has 0 atom stereocenters. The fourth-order valence-electron chi connectivity index (χ4n) is 3.32. The molecule has 0 unspecified atom stereocenters. The van der Waals surface area contributed by atoms with Crippen molar-refractivity contribution in [1.29, 1.82) is 0 Å². The normalized spacial score (nSPS) is 18.6. The van der Waals surface area contributed by atoms with Crippen LogP contribution in [0.15, 0.2) is 9.52 Å². The summed E-state index contributed by atoms with van der Waals surface area (Å²) in [5.74, 6) is 1.15. The Hall–Kier alpha value is -2.31. The topological polar surface area (TPSA) is 84.1 Å². The van der Waals surface area contributed by atoms with Gasteiger partial charge in [0.2, 0.25) is 0 Å². The molecule has 24 heavy (non-hydrogen) atoms. The Morgan fingerprint density at radius 3 is 2.71 bits per heavy atom. The molecule has 1 aromatic heterocycles. The van der Waals surface area contributed by atoms with Crippen LogP contribution in [0.3, 0.4) is 0 Å². The highest BCUT2D eigenvalue weighted by molar-refractivity contribution is 6.06. The summed E-state index contributed by atoms with van der Waals surface area (Å²) in [6.07, 6.45) is 3.90. The van der Waals surface area contributed by atoms with Gasteiger partial charge in [-0.1, -0.05) is 0 Å². The number of carbonyl (C=O) groups excluding carboxylic acids is 2. The van der Waals surface area contributed by atoms with E-state index in [1.165, 1.54) is 0 Å². The van der Waals surface area contributed by atoms with Gasteiger partial charge >= 0.3 is 6.09 Å². The summed E-state index contributed by atoms with van der Waals surface area (Å²) in [4.78, 5) is 25.9. The van der Waals surface area contributed by atoms with Crippen LogP contribution in [-0.4, -0.2) is 42.3 Å². The van der Waals surface area contributed by atoms with E-state index in [0.29, 0.717) is 12.4 Å². The number of fused-ring (bicyclic) bond motifs is 1. The molecule has 1 aliphatic carbocycles. The van der Waals surface area contributed by atoms with E-state index < -0.39 is 6.09 Å². The smallest absolute Gasteiger partial charge is 0.427 e. The fourth-order valence-corrected chi connectivity index (χ4v) is 3.32. The maximum atomic E-state index is 12.6. The summed E-state index contributed by atoms with van der Waals surface area (Å²) in [6, 6.07) is 0. The Bertz CT molecular complexity index is 672. The van der Waals surface area contributed by atoms with Gasteiger partial charge in [-0.15, -0.1) is 0 Å². The molecule has 130 valence electrons. The number of nitrogens with zero attached hydrogens (tertiary/aromatic N) is 2. The molecule has 0 radical (unpaired) electrons. The quantitative estimate of drug-likeness (QED) is 0.862. The van der Waals surface area contributed by atoms with Crippen molar-refractivity contribution >= 4 is 17.7 Å². The summed E-state index contributed by atoms with van der Waals surface area (Å²) < 4.78 is 10.7. The van der Waals surface area contributed by atoms with Gasteiger partial charge in [0.25, 0.3) is 5.91 Å². The Kier molecular flexibility index (Phi) is 4.87. The molecule has 2 aliphatic rings. The first-order valence-electron chi connectivity index (χ1n) is 8.53. The lowest BCUT2D eigenvalue weighted by atomic mass is 9.93. The SMILES string of the molecule is CCOC(=O)N/N=C1\CCCc2oc(C(=O)N3CCCC3)c(C)c21. The molecule has 2 amide bonds. The second-order valence-corrected chi connectivity index (χ2v) is 6.10. The summed E-state index contributed by atoms with van der Waals surface area (Å²) >= 11 is 0. The number of aryl methyl sites for hydroxylation is 1. The third kappa shape index (κ3) is 3.16. The van der Waals surface area contributed by atoms with Crippen LogP contribution in [0.25, 0.3) is 0 Å². The Balaban J connectivity index is 1.86. The molecule has 7 nitrogen and oxygen atoms in total. The lowest BCUT2D eigenvalue weighted by Gasteiger charge is -2.14. The number of likely N-dealkylation sites (tertiary alicyclic amines) is 1. The number of hydrazone groups is 1. The van der Waals surface area contributed by atoms with Crippen molar-refractivity contribution < 1.29 is 18.7 Å². The van der Waals surface area contributed by atoms with Crippen molar-refractivity contribution in [2.75, 3.05) is 19.7 Å². The van der Waals surface area contributed by atoms with E-state index in [-0.39, 0.29) is 5.91 Å². The number of rotatable bonds is 3. The van der Waals surface area contributed by atoms with Crippen molar-refractivity contribution in [1.82, 2.24) is 10.3 Å². The monoisotopic (exact) mass is 333 g/mol. The summed E-state index contributed by atoms with van der Waals surface area (Å²) in [5, 5.41) is 4.18. The van der Waals surface area contributed by atoms with E-state index >= 15 is 0 Å². The number of nitrogens with one attached hydrogen (secondary N) is 1. The van der Waals surface area contributed by atoms with Gasteiger partial charge in [-0.3, -0.25) is 4.79 Å². The minimum absolute atomic E-state index is 0.0444. The number of furan rings is 1. The minimum Gasteiger partial charge on any atom is -0.455 e. The second-order valence-electron chi connectivity index (χ2n) is 6.10. The van der Waals surface area contributed by atoms with Crippen LogP contribution in [-0.2, 0) is 11.2 Å². The number of ether oxygens (including phenoxy) is 1. The third-order valence-corrected chi connectivity index (χ3v) is 4.47. The van der Waals surface area contributed by atoms with Crippen molar-refractivity contribution in [2.45, 2.75) is 46.0 Å². The van der Waals surface area contributed by atoms with Crippen molar-refractivity contribution in [3.63, 3.8) is 0 Å². The molecule has 0 spiro atoms. The minimum atomic E-state index is -0.577. The predicted molar refractivity (Wildman–Crippen MR) is 88.2 cm³/mol. The Morgan fingerprint density at radius 1 is 1.25 bits per heavy atom. The van der Waals surface area contributed by atoms with Crippen LogP contribution in [0.5, 0.6) is 0 Å². The summed E-state index contributed by atoms with van der Waals surface area (Å²) in [5.41, 5.74) is 4.82. The van der Waals surface area contributed by atoms with Crippen molar-refractivity contribution in [3.8, 4) is 0 Å². The molecule has 0 aromatic carbocycles. The fraction of sp³-hybridized carbons (Fsp3) is 0.588. The van der Waals surface area contributed by atoms with Crippen molar-refractivity contribution in [3.05, 3.63) is 22.6 Å². The summed E-state index contributed by atoms with van der Waals surface area (Å²) in [6.45, 7) is 5.49. The zero-order valence-corrected chi connectivity index (χ0v) is 14.2. The molecule has 0 saturated carbocycles. The first-order chi connectivity index (χ1) is 11.6. The van der Waals surface area contributed by atoms with Gasteiger partial charge in [0, 0.05) is 30.6 Å². The molecule has 7 heteroatoms. The highest BCUT2D eigenvalue weighted by Crippen LogP contribution is 2.31. The van der Waals surface area contributed by atoms with E-state index in [2.05, 4.69) is 10.5 Å². The van der Waals surface area contributed by atoms with Crippen LogP contribution in [0.2, 0.25) is 0 Å². The lowest BCUT2D eigenvalue weighted by Crippen LogP contribution is -2.27. The molecular weight excluding hydrogens is 310 g/mol. The first kappa shape index (κ1) is 16.5. The summed E-state index contributed by atoms with van der Waals surface area (Å²) in [7, 11) is 0. The molecule has 1 aromatic rings. The molecular formula is C17H23N3O4. The zero-order valence-electron chi connectivity index (χ0n) is 14.2. The largest absolute Gasteiger partial charge is 0.455 e. The van der Waals surface area contributed by atoms with Gasteiger partial charge in [0.1, 0.15) is 5.76 Å². The first-order valence-corrected chi connectivity index (χ1v) is 8.53. The third-order valence-electron chi connectivity index (χ3n) is 4.47. The van der Waals surface area contributed by atoms with E-state index in [0.717, 1.165) is 67.8 Å². The van der Waals surface area contributed by atoms with Gasteiger partial charge < -0.3 is 14.1 Å². The number of amides is 2. The molecule has 0 bridgehead atoms. The van der Waals surface area contributed by atoms with Gasteiger partial charge in [0.15, 0.2) is 5.76 Å². The Morgan fingerprint density at radius 2 is 2.00 bits per heavy atom. The van der Waals surface area contributed by atoms with Crippen LogP contribution >= 0.6 is 0 Å². The molecule has 3 rings (SSSR count). The van der Waals surface area contributed by atoms with E-state index in [1.807, 2.05) is 11.8 Å². The molecule has 1 fully saturated rings. The van der Waals surface area contributed by atoms with Gasteiger partial charge in [-0.05, 0) is 39.5 Å². The van der Waals surface area contributed by atoms with Gasteiger partial charge in [-0.2, -0.15) is 5.10 Å².